The first-order valence-electron chi connectivity index (χ1n) is 5.63. The van der Waals surface area contributed by atoms with Gasteiger partial charge in [-0.05, 0) is 30.2 Å². The largest absolute Gasteiger partial charge is 0.488 e. The molecule has 0 saturated carbocycles. The van der Waals surface area contributed by atoms with Crippen molar-refractivity contribution in [3.63, 3.8) is 0 Å². The third-order valence-electron chi connectivity index (χ3n) is 2.76. The maximum atomic E-state index is 13.3. The summed E-state index contributed by atoms with van der Waals surface area (Å²) in [7, 11) is 0. The van der Waals surface area contributed by atoms with Gasteiger partial charge in [0.15, 0.2) is 6.29 Å². The highest BCUT2D eigenvalue weighted by atomic mass is 19.1. The topological polar surface area (TPSA) is 26.3 Å². The van der Waals surface area contributed by atoms with Gasteiger partial charge in [-0.2, -0.15) is 0 Å². The molecule has 2 nitrogen and oxygen atoms in total. The van der Waals surface area contributed by atoms with Gasteiger partial charge >= 0.3 is 0 Å². The molecule has 0 bridgehead atoms. The predicted molar refractivity (Wildman–Crippen MR) is 67.3 cm³/mol. The molecule has 2 rings (SSSR count). The van der Waals surface area contributed by atoms with Crippen LogP contribution in [-0.4, -0.2) is 6.29 Å². The predicted octanol–water partition coefficient (Wildman–Crippen LogP) is 3.53. The van der Waals surface area contributed by atoms with Crippen LogP contribution in [0.3, 0.4) is 0 Å². The van der Waals surface area contributed by atoms with Crippen molar-refractivity contribution in [3.8, 4) is 5.75 Å². The summed E-state index contributed by atoms with van der Waals surface area (Å²) in [4.78, 5) is 11.0. The Morgan fingerprint density at radius 1 is 1.17 bits per heavy atom. The lowest BCUT2D eigenvalue weighted by Crippen LogP contribution is -2.01. The van der Waals surface area contributed by atoms with E-state index in [0.717, 1.165) is 5.56 Å². The maximum Gasteiger partial charge on any atom is 0.154 e. The van der Waals surface area contributed by atoms with E-state index in [2.05, 4.69) is 0 Å². The molecule has 0 spiro atoms. The highest BCUT2D eigenvalue weighted by Gasteiger charge is 2.10. The fourth-order valence-electron chi connectivity index (χ4n) is 1.68. The Morgan fingerprint density at radius 3 is 2.56 bits per heavy atom. The maximum absolute atomic E-state index is 13.3. The Kier molecular flexibility index (Phi) is 3.72. The zero-order valence-electron chi connectivity index (χ0n) is 10.0. The lowest BCUT2D eigenvalue weighted by atomic mass is 10.1. The molecule has 0 aromatic heterocycles. The fourth-order valence-corrected chi connectivity index (χ4v) is 1.68. The van der Waals surface area contributed by atoms with Crippen molar-refractivity contribution >= 4 is 6.29 Å². The number of benzene rings is 2. The van der Waals surface area contributed by atoms with E-state index >= 15 is 0 Å². The zero-order chi connectivity index (χ0) is 13.0. The van der Waals surface area contributed by atoms with Gasteiger partial charge in [-0.25, -0.2) is 4.39 Å². The summed E-state index contributed by atoms with van der Waals surface area (Å²) in [5.41, 5.74) is 1.58. The van der Waals surface area contributed by atoms with E-state index in [9.17, 15) is 9.18 Å². The van der Waals surface area contributed by atoms with Gasteiger partial charge in [0, 0.05) is 0 Å². The number of rotatable bonds is 4. The molecular weight excluding hydrogens is 231 g/mol. The fraction of sp³-hybridized carbons (Fsp3) is 0.133. The summed E-state index contributed by atoms with van der Waals surface area (Å²) >= 11 is 0. The van der Waals surface area contributed by atoms with Crippen molar-refractivity contribution in [1.29, 1.82) is 0 Å². The van der Waals surface area contributed by atoms with Crippen molar-refractivity contribution in [3.05, 3.63) is 65.0 Å². The number of hydrogen-bond acceptors (Lipinski definition) is 2. The molecule has 18 heavy (non-hydrogen) atoms. The average Bonchev–Trinajstić information content (AvgIpc) is 2.41. The second kappa shape index (κ2) is 5.45. The molecule has 0 heterocycles. The molecule has 2 aromatic rings. The van der Waals surface area contributed by atoms with Crippen molar-refractivity contribution in [2.24, 2.45) is 0 Å². The highest BCUT2D eigenvalue weighted by molar-refractivity contribution is 5.81. The van der Waals surface area contributed by atoms with Crippen LogP contribution in [0.1, 0.15) is 21.5 Å². The van der Waals surface area contributed by atoms with E-state index < -0.39 is 5.82 Å². The Labute approximate surface area is 105 Å². The Morgan fingerprint density at radius 2 is 1.89 bits per heavy atom. The molecule has 0 N–H and O–H groups in total. The first-order valence-corrected chi connectivity index (χ1v) is 5.63. The van der Waals surface area contributed by atoms with Gasteiger partial charge in [-0.3, -0.25) is 4.79 Å². The SMILES string of the molecule is Cc1c(F)ccc(OCc2ccccc2)c1C=O. The standard InChI is InChI=1S/C15H13FO2/c1-11-13(9-17)15(8-7-14(11)16)18-10-12-5-3-2-4-6-12/h2-9H,10H2,1H3. The zero-order valence-corrected chi connectivity index (χ0v) is 10.0. The van der Waals surface area contributed by atoms with Gasteiger partial charge in [-0.1, -0.05) is 30.3 Å². The summed E-state index contributed by atoms with van der Waals surface area (Å²) < 4.78 is 18.8. The van der Waals surface area contributed by atoms with Crippen LogP contribution in [0.15, 0.2) is 42.5 Å². The van der Waals surface area contributed by atoms with Gasteiger partial charge in [0.2, 0.25) is 0 Å². The van der Waals surface area contributed by atoms with E-state index in [1.165, 1.54) is 12.1 Å². The summed E-state index contributed by atoms with van der Waals surface area (Å²) in [5, 5.41) is 0. The average molecular weight is 244 g/mol. The molecule has 0 amide bonds. The van der Waals surface area contributed by atoms with Crippen LogP contribution in [-0.2, 0) is 6.61 Å². The molecule has 0 aliphatic rings. The van der Waals surface area contributed by atoms with Crippen molar-refractivity contribution in [2.75, 3.05) is 0 Å². The number of aldehydes is 1. The summed E-state index contributed by atoms with van der Waals surface area (Å²) in [6, 6.07) is 12.4. The molecule has 92 valence electrons. The molecule has 0 atom stereocenters. The Hall–Kier alpha value is -2.16. The van der Waals surface area contributed by atoms with Gasteiger partial charge in [0.05, 0.1) is 5.56 Å². The first-order chi connectivity index (χ1) is 8.72. The summed E-state index contributed by atoms with van der Waals surface area (Å²) in [6.45, 7) is 1.92. The second-order valence-corrected chi connectivity index (χ2v) is 3.98. The van der Waals surface area contributed by atoms with Crippen molar-refractivity contribution < 1.29 is 13.9 Å². The van der Waals surface area contributed by atoms with Crippen LogP contribution in [0.4, 0.5) is 4.39 Å². The van der Waals surface area contributed by atoms with Crippen LogP contribution in [0.25, 0.3) is 0 Å². The highest BCUT2D eigenvalue weighted by Crippen LogP contribution is 2.23. The minimum absolute atomic E-state index is 0.269. The smallest absolute Gasteiger partial charge is 0.154 e. The lowest BCUT2D eigenvalue weighted by Gasteiger charge is -2.10. The van der Waals surface area contributed by atoms with Crippen molar-refractivity contribution in [1.82, 2.24) is 0 Å². The van der Waals surface area contributed by atoms with E-state index in [1.54, 1.807) is 6.92 Å². The number of halogens is 1. The molecule has 0 radical (unpaired) electrons. The van der Waals surface area contributed by atoms with Crippen LogP contribution >= 0.6 is 0 Å². The van der Waals surface area contributed by atoms with Crippen molar-refractivity contribution in [2.45, 2.75) is 13.5 Å². The minimum Gasteiger partial charge on any atom is -0.488 e. The van der Waals surface area contributed by atoms with Gasteiger partial charge in [0.25, 0.3) is 0 Å². The van der Waals surface area contributed by atoms with Gasteiger partial charge < -0.3 is 4.74 Å². The van der Waals surface area contributed by atoms with Crippen LogP contribution in [0.5, 0.6) is 5.75 Å². The molecular formula is C15H13FO2. The number of hydrogen-bond donors (Lipinski definition) is 0. The van der Waals surface area contributed by atoms with E-state index in [4.69, 9.17) is 4.74 Å². The summed E-state index contributed by atoms with van der Waals surface area (Å²) in [6.07, 6.45) is 0.624. The second-order valence-electron chi connectivity index (χ2n) is 3.98. The number of carbonyl (C=O) groups is 1. The van der Waals surface area contributed by atoms with Gasteiger partial charge in [0.1, 0.15) is 18.2 Å². The summed E-state index contributed by atoms with van der Waals surface area (Å²) in [5.74, 6) is 0.0110. The first kappa shape index (κ1) is 12.3. The minimum atomic E-state index is -0.399. The molecule has 0 aliphatic heterocycles. The monoisotopic (exact) mass is 244 g/mol. The molecule has 0 aliphatic carbocycles. The third kappa shape index (κ3) is 2.56. The Balaban J connectivity index is 2.20. The van der Waals surface area contributed by atoms with E-state index in [0.29, 0.717) is 24.2 Å². The third-order valence-corrected chi connectivity index (χ3v) is 2.76. The van der Waals surface area contributed by atoms with E-state index in [1.807, 2.05) is 30.3 Å². The lowest BCUT2D eigenvalue weighted by molar-refractivity contribution is 0.111. The van der Waals surface area contributed by atoms with Crippen LogP contribution in [0, 0.1) is 12.7 Å². The molecule has 0 unspecified atom stereocenters. The van der Waals surface area contributed by atoms with Crippen LogP contribution < -0.4 is 4.74 Å². The normalized spacial score (nSPS) is 10.1. The molecule has 0 fully saturated rings. The number of ether oxygens (including phenoxy) is 1. The molecule has 3 heteroatoms. The van der Waals surface area contributed by atoms with Gasteiger partial charge in [-0.15, -0.1) is 0 Å². The Bertz CT molecular complexity index is 550. The number of carbonyl (C=O) groups excluding carboxylic acids is 1. The quantitative estimate of drug-likeness (QED) is 0.769. The molecule has 0 saturated heterocycles. The molecule has 2 aromatic carbocycles. The van der Waals surface area contributed by atoms with Crippen LogP contribution in [0.2, 0.25) is 0 Å². The van der Waals surface area contributed by atoms with E-state index in [-0.39, 0.29) is 5.56 Å².